The van der Waals surface area contributed by atoms with E-state index in [1.807, 2.05) is 0 Å². The molecule has 0 bridgehead atoms. The highest BCUT2D eigenvalue weighted by Gasteiger charge is 2.17. The van der Waals surface area contributed by atoms with Crippen LogP contribution in [0.4, 0.5) is 0 Å². The molecule has 1 aromatic rings. The van der Waals surface area contributed by atoms with Gasteiger partial charge in [-0.05, 0) is 38.5 Å². The fraction of sp³-hybridized carbons (Fsp3) is 0.562. The minimum atomic E-state index is -3.62. The summed E-state index contributed by atoms with van der Waals surface area (Å²) in [6.07, 6.45) is 0.669. The molecule has 7 nitrogen and oxygen atoms in total. The van der Waals surface area contributed by atoms with Crippen LogP contribution in [0.2, 0.25) is 0 Å². The van der Waals surface area contributed by atoms with Gasteiger partial charge in [0.25, 0.3) is 5.91 Å². The molecule has 0 spiro atoms. The second kappa shape index (κ2) is 10.4. The number of nitrogens with one attached hydrogen (secondary N) is 2. The summed E-state index contributed by atoms with van der Waals surface area (Å²) < 4.78 is 36.9. The average molecular weight is 358 g/mol. The van der Waals surface area contributed by atoms with Gasteiger partial charge in [0.15, 0.2) is 0 Å². The standard InChI is InChI=1S/C16H26N2O5S/c1-13(2)18-24(20,21)15-7-4-6-14(12-15)16(19)17-8-5-9-23-11-10-22-3/h4,6-7,12-13,18H,5,8-11H2,1-3H3,(H,17,19). The van der Waals surface area contributed by atoms with Crippen molar-refractivity contribution in [2.24, 2.45) is 0 Å². The van der Waals surface area contributed by atoms with Gasteiger partial charge in [-0.1, -0.05) is 6.07 Å². The summed E-state index contributed by atoms with van der Waals surface area (Å²) in [6, 6.07) is 5.75. The number of sulfonamides is 1. The molecule has 0 unspecified atom stereocenters. The van der Waals surface area contributed by atoms with Gasteiger partial charge >= 0.3 is 0 Å². The Hall–Kier alpha value is -1.48. The summed E-state index contributed by atoms with van der Waals surface area (Å²) in [4.78, 5) is 12.2. The van der Waals surface area contributed by atoms with Crippen molar-refractivity contribution < 1.29 is 22.7 Å². The van der Waals surface area contributed by atoms with Crippen LogP contribution >= 0.6 is 0 Å². The van der Waals surface area contributed by atoms with E-state index in [0.717, 1.165) is 0 Å². The Balaban J connectivity index is 2.52. The number of carbonyl (C=O) groups excluding carboxylic acids is 1. The van der Waals surface area contributed by atoms with E-state index in [9.17, 15) is 13.2 Å². The Morgan fingerprint density at radius 3 is 2.62 bits per heavy atom. The van der Waals surface area contributed by atoms with Crippen molar-refractivity contribution in [2.75, 3.05) is 33.5 Å². The monoisotopic (exact) mass is 358 g/mol. The third kappa shape index (κ3) is 7.39. The van der Waals surface area contributed by atoms with Crippen molar-refractivity contribution in [1.29, 1.82) is 0 Å². The molecule has 0 aliphatic heterocycles. The summed E-state index contributed by atoms with van der Waals surface area (Å²) in [5, 5.41) is 2.74. The SMILES string of the molecule is COCCOCCCNC(=O)c1cccc(S(=O)(=O)NC(C)C)c1. The van der Waals surface area contributed by atoms with Crippen molar-refractivity contribution >= 4 is 15.9 Å². The molecule has 0 atom stereocenters. The van der Waals surface area contributed by atoms with E-state index in [1.165, 1.54) is 12.1 Å². The molecule has 2 N–H and O–H groups in total. The Kier molecular flexibility index (Phi) is 8.91. The van der Waals surface area contributed by atoms with Gasteiger partial charge in [0.2, 0.25) is 10.0 Å². The number of amides is 1. The lowest BCUT2D eigenvalue weighted by Gasteiger charge is -2.11. The van der Waals surface area contributed by atoms with E-state index in [0.29, 0.717) is 38.3 Å². The highest BCUT2D eigenvalue weighted by atomic mass is 32.2. The molecule has 0 saturated heterocycles. The number of benzene rings is 1. The van der Waals surface area contributed by atoms with Crippen molar-refractivity contribution in [1.82, 2.24) is 10.0 Å². The highest BCUT2D eigenvalue weighted by molar-refractivity contribution is 7.89. The molecule has 0 radical (unpaired) electrons. The predicted octanol–water partition coefficient (Wildman–Crippen LogP) is 1.16. The van der Waals surface area contributed by atoms with Gasteiger partial charge in [-0.3, -0.25) is 4.79 Å². The highest BCUT2D eigenvalue weighted by Crippen LogP contribution is 2.12. The molecule has 0 aliphatic carbocycles. The third-order valence-corrected chi connectivity index (χ3v) is 4.64. The molecule has 8 heteroatoms. The van der Waals surface area contributed by atoms with Gasteiger partial charge < -0.3 is 14.8 Å². The lowest BCUT2D eigenvalue weighted by atomic mass is 10.2. The van der Waals surface area contributed by atoms with E-state index in [1.54, 1.807) is 33.1 Å². The predicted molar refractivity (Wildman–Crippen MR) is 91.5 cm³/mol. The number of rotatable bonds is 11. The molecule has 0 heterocycles. The molecule has 1 amide bonds. The quantitative estimate of drug-likeness (QED) is 0.579. The summed E-state index contributed by atoms with van der Waals surface area (Å²) in [5.41, 5.74) is 0.307. The lowest BCUT2D eigenvalue weighted by Crippen LogP contribution is -2.30. The second-order valence-electron chi connectivity index (χ2n) is 5.52. The minimum absolute atomic E-state index is 0.0757. The van der Waals surface area contributed by atoms with E-state index in [4.69, 9.17) is 9.47 Å². The topological polar surface area (TPSA) is 93.7 Å². The maximum Gasteiger partial charge on any atom is 0.251 e. The molecule has 1 rings (SSSR count). The Morgan fingerprint density at radius 2 is 1.96 bits per heavy atom. The van der Waals surface area contributed by atoms with Crippen LogP contribution in [-0.4, -0.2) is 53.8 Å². The Morgan fingerprint density at radius 1 is 1.21 bits per heavy atom. The molecular formula is C16H26N2O5S. The maximum atomic E-state index is 12.1. The summed E-state index contributed by atoms with van der Waals surface area (Å²) >= 11 is 0. The first-order valence-electron chi connectivity index (χ1n) is 7.84. The van der Waals surface area contributed by atoms with Crippen LogP contribution in [0.1, 0.15) is 30.6 Å². The smallest absolute Gasteiger partial charge is 0.251 e. The molecule has 0 fully saturated rings. The average Bonchev–Trinajstić information content (AvgIpc) is 2.53. The van der Waals surface area contributed by atoms with Crippen molar-refractivity contribution in [2.45, 2.75) is 31.2 Å². The number of ether oxygens (including phenoxy) is 2. The zero-order valence-electron chi connectivity index (χ0n) is 14.4. The van der Waals surface area contributed by atoms with Gasteiger partial charge in [-0.25, -0.2) is 13.1 Å². The van der Waals surface area contributed by atoms with Crippen LogP contribution in [0, 0.1) is 0 Å². The van der Waals surface area contributed by atoms with Gasteiger partial charge in [-0.15, -0.1) is 0 Å². The molecule has 136 valence electrons. The van der Waals surface area contributed by atoms with E-state index >= 15 is 0 Å². The van der Waals surface area contributed by atoms with Crippen LogP contribution in [0.5, 0.6) is 0 Å². The Labute approximate surface area is 143 Å². The zero-order valence-corrected chi connectivity index (χ0v) is 15.2. The molecule has 0 aliphatic rings. The van der Waals surface area contributed by atoms with Gasteiger partial charge in [-0.2, -0.15) is 0 Å². The molecule has 0 aromatic heterocycles. The first-order chi connectivity index (χ1) is 11.4. The summed E-state index contributed by atoms with van der Waals surface area (Å²) in [7, 11) is -2.01. The molecule has 0 saturated carbocycles. The van der Waals surface area contributed by atoms with Crippen LogP contribution in [0.15, 0.2) is 29.2 Å². The van der Waals surface area contributed by atoms with Crippen LogP contribution < -0.4 is 10.0 Å². The van der Waals surface area contributed by atoms with Crippen molar-refractivity contribution in [3.8, 4) is 0 Å². The van der Waals surface area contributed by atoms with E-state index in [-0.39, 0.29) is 16.8 Å². The van der Waals surface area contributed by atoms with E-state index in [2.05, 4.69) is 10.0 Å². The fourth-order valence-electron chi connectivity index (χ4n) is 1.91. The third-order valence-electron chi connectivity index (χ3n) is 2.98. The molecule has 1 aromatic carbocycles. The number of carbonyl (C=O) groups is 1. The van der Waals surface area contributed by atoms with Gasteiger partial charge in [0, 0.05) is 31.9 Å². The largest absolute Gasteiger partial charge is 0.382 e. The number of hydrogen-bond donors (Lipinski definition) is 2. The van der Waals surface area contributed by atoms with Crippen molar-refractivity contribution in [3.05, 3.63) is 29.8 Å². The zero-order chi connectivity index (χ0) is 18.0. The fourth-order valence-corrected chi connectivity index (χ4v) is 3.20. The first-order valence-corrected chi connectivity index (χ1v) is 9.32. The first kappa shape index (κ1) is 20.6. The second-order valence-corrected chi connectivity index (χ2v) is 7.23. The van der Waals surface area contributed by atoms with Gasteiger partial charge in [0.05, 0.1) is 18.1 Å². The number of hydrogen-bond acceptors (Lipinski definition) is 5. The normalized spacial score (nSPS) is 11.7. The molecule has 24 heavy (non-hydrogen) atoms. The summed E-state index contributed by atoms with van der Waals surface area (Å²) in [6.45, 7) is 5.51. The van der Waals surface area contributed by atoms with Crippen LogP contribution in [0.25, 0.3) is 0 Å². The van der Waals surface area contributed by atoms with Crippen LogP contribution in [0.3, 0.4) is 0 Å². The minimum Gasteiger partial charge on any atom is -0.382 e. The summed E-state index contributed by atoms with van der Waals surface area (Å²) in [5.74, 6) is -0.312. The lowest BCUT2D eigenvalue weighted by molar-refractivity contribution is 0.0688. The Bertz CT molecular complexity index is 617. The van der Waals surface area contributed by atoms with Crippen LogP contribution in [-0.2, 0) is 19.5 Å². The van der Waals surface area contributed by atoms with Crippen molar-refractivity contribution in [3.63, 3.8) is 0 Å². The number of methoxy groups -OCH3 is 1. The molecular weight excluding hydrogens is 332 g/mol. The van der Waals surface area contributed by atoms with E-state index < -0.39 is 10.0 Å². The van der Waals surface area contributed by atoms with Gasteiger partial charge in [0.1, 0.15) is 0 Å². The maximum absolute atomic E-state index is 12.1.